The molecular formula is C13H12O2. The van der Waals surface area contributed by atoms with Crippen LogP contribution in [-0.4, -0.2) is 11.4 Å². The van der Waals surface area contributed by atoms with Crippen molar-refractivity contribution in [2.24, 2.45) is 0 Å². The zero-order valence-electron chi connectivity index (χ0n) is 8.40. The van der Waals surface area contributed by atoms with Gasteiger partial charge in [0.05, 0.1) is 0 Å². The van der Waals surface area contributed by atoms with Gasteiger partial charge in [-0.3, -0.25) is 0 Å². The topological polar surface area (TPSA) is 21.8 Å². The van der Waals surface area contributed by atoms with Crippen molar-refractivity contribution < 1.29 is 9.47 Å². The zero-order valence-corrected chi connectivity index (χ0v) is 8.40. The van der Waals surface area contributed by atoms with Gasteiger partial charge in [-0.1, -0.05) is 30.4 Å². The molecule has 0 amide bonds. The Morgan fingerprint density at radius 2 is 1.93 bits per heavy atom. The monoisotopic (exact) mass is 200 g/mol. The lowest BCUT2D eigenvalue weighted by atomic mass is 9.83. The summed E-state index contributed by atoms with van der Waals surface area (Å²) in [4.78, 5) is 0. The van der Waals surface area contributed by atoms with Gasteiger partial charge in [-0.25, -0.2) is 0 Å². The quantitative estimate of drug-likeness (QED) is 0.474. The van der Waals surface area contributed by atoms with E-state index in [-0.39, 0.29) is 11.4 Å². The maximum atomic E-state index is 6.01. The Hall–Kier alpha value is -1.28. The molecule has 0 radical (unpaired) electrons. The highest BCUT2D eigenvalue weighted by atomic mass is 16.8. The molecule has 0 unspecified atom stereocenters. The van der Waals surface area contributed by atoms with Gasteiger partial charge >= 0.3 is 0 Å². The van der Waals surface area contributed by atoms with Crippen molar-refractivity contribution in [1.82, 2.24) is 0 Å². The predicted octanol–water partition coefficient (Wildman–Crippen LogP) is 2.44. The van der Waals surface area contributed by atoms with Crippen LogP contribution in [0.4, 0.5) is 0 Å². The fourth-order valence-electron chi connectivity index (χ4n) is 2.86. The van der Waals surface area contributed by atoms with E-state index in [9.17, 15) is 0 Å². The number of hydrogen-bond donors (Lipinski definition) is 0. The van der Waals surface area contributed by atoms with Gasteiger partial charge in [0.1, 0.15) is 11.4 Å². The van der Waals surface area contributed by atoms with Crippen molar-refractivity contribution in [1.29, 1.82) is 0 Å². The molecule has 0 aromatic heterocycles. The molecule has 4 rings (SSSR count). The summed E-state index contributed by atoms with van der Waals surface area (Å²) in [5.41, 5.74) is 1.23. The maximum Gasteiger partial charge on any atom is 0.244 e. The minimum absolute atomic E-state index is 0.0455. The average molecular weight is 200 g/mol. The van der Waals surface area contributed by atoms with Gasteiger partial charge < -0.3 is 9.47 Å². The number of para-hydroxylation sites is 1. The second kappa shape index (κ2) is 2.27. The van der Waals surface area contributed by atoms with Gasteiger partial charge in [-0.15, -0.1) is 0 Å². The molecule has 0 N–H and O–H groups in total. The van der Waals surface area contributed by atoms with Crippen molar-refractivity contribution in [3.63, 3.8) is 0 Å². The van der Waals surface area contributed by atoms with Crippen LogP contribution in [0.25, 0.3) is 0 Å². The fourth-order valence-corrected chi connectivity index (χ4v) is 2.86. The van der Waals surface area contributed by atoms with E-state index in [1.165, 1.54) is 5.56 Å². The Kier molecular flexibility index (Phi) is 1.20. The van der Waals surface area contributed by atoms with Crippen LogP contribution < -0.4 is 4.74 Å². The van der Waals surface area contributed by atoms with Gasteiger partial charge in [-0.2, -0.15) is 0 Å². The molecule has 1 aliphatic carbocycles. The van der Waals surface area contributed by atoms with Crippen molar-refractivity contribution in [2.75, 3.05) is 0 Å². The van der Waals surface area contributed by atoms with Gasteiger partial charge in [0.25, 0.3) is 0 Å². The summed E-state index contributed by atoms with van der Waals surface area (Å²) in [5.74, 6) is 0.678. The average Bonchev–Trinajstić information content (AvgIpc) is 2.93. The number of fused-ring (bicyclic) bond motifs is 1. The standard InChI is InChI=1S/C13H12O2/c1-2-6-11-10(5-1)9-12-7-3-4-8-13(12,14-11)15-12/h1-6H,7-9H2/t12-,13-/m0/s1. The molecule has 1 fully saturated rings. The van der Waals surface area contributed by atoms with E-state index in [0.29, 0.717) is 0 Å². The molecule has 0 bridgehead atoms. The smallest absolute Gasteiger partial charge is 0.244 e. The van der Waals surface area contributed by atoms with E-state index < -0.39 is 0 Å². The number of benzene rings is 1. The molecule has 1 saturated heterocycles. The second-order valence-electron chi connectivity index (χ2n) is 4.62. The second-order valence-corrected chi connectivity index (χ2v) is 4.62. The van der Waals surface area contributed by atoms with Gasteiger partial charge in [0.15, 0.2) is 0 Å². The van der Waals surface area contributed by atoms with Crippen molar-refractivity contribution in [3.05, 3.63) is 42.0 Å². The third-order valence-electron chi connectivity index (χ3n) is 3.74. The third-order valence-corrected chi connectivity index (χ3v) is 3.74. The summed E-state index contributed by atoms with van der Waals surface area (Å²) < 4.78 is 11.9. The number of hydrogen-bond acceptors (Lipinski definition) is 2. The highest BCUT2D eigenvalue weighted by Crippen LogP contribution is 2.61. The molecule has 15 heavy (non-hydrogen) atoms. The van der Waals surface area contributed by atoms with E-state index in [1.807, 2.05) is 12.1 Å². The van der Waals surface area contributed by atoms with Crippen LogP contribution in [0.1, 0.15) is 18.4 Å². The first kappa shape index (κ1) is 7.94. The first-order chi connectivity index (χ1) is 7.34. The third kappa shape index (κ3) is 0.840. The van der Waals surface area contributed by atoms with E-state index in [0.717, 1.165) is 25.0 Å². The largest absolute Gasteiger partial charge is 0.459 e. The summed E-state index contributed by atoms with van der Waals surface area (Å²) in [5, 5.41) is 0. The summed E-state index contributed by atoms with van der Waals surface area (Å²) in [6, 6.07) is 8.25. The van der Waals surface area contributed by atoms with Crippen LogP contribution in [-0.2, 0) is 11.2 Å². The van der Waals surface area contributed by atoms with Crippen molar-refractivity contribution in [3.8, 4) is 5.75 Å². The lowest BCUT2D eigenvalue weighted by Crippen LogP contribution is -2.38. The number of rotatable bonds is 0. The fraction of sp³-hybridized carbons (Fsp3) is 0.385. The Morgan fingerprint density at radius 1 is 1.07 bits per heavy atom. The number of epoxide rings is 1. The highest BCUT2D eigenvalue weighted by molar-refractivity contribution is 5.42. The predicted molar refractivity (Wildman–Crippen MR) is 55.7 cm³/mol. The van der Waals surface area contributed by atoms with E-state index in [2.05, 4.69) is 24.3 Å². The molecule has 1 aromatic carbocycles. The lowest BCUT2D eigenvalue weighted by Gasteiger charge is -2.28. The Balaban J connectivity index is 1.83. The maximum absolute atomic E-state index is 6.01. The molecule has 0 spiro atoms. The molecule has 0 saturated carbocycles. The van der Waals surface area contributed by atoms with Crippen molar-refractivity contribution in [2.45, 2.75) is 30.7 Å². The molecule has 3 aliphatic rings. The molecule has 2 aliphatic heterocycles. The first-order valence-corrected chi connectivity index (χ1v) is 5.46. The molecule has 1 aromatic rings. The summed E-state index contributed by atoms with van der Waals surface area (Å²) in [6.45, 7) is 0. The molecular weight excluding hydrogens is 188 g/mol. The van der Waals surface area contributed by atoms with E-state index in [4.69, 9.17) is 9.47 Å². The van der Waals surface area contributed by atoms with E-state index in [1.54, 1.807) is 0 Å². The number of ether oxygens (including phenoxy) is 2. The van der Waals surface area contributed by atoms with Crippen LogP contribution in [0.5, 0.6) is 5.75 Å². The van der Waals surface area contributed by atoms with Crippen molar-refractivity contribution >= 4 is 0 Å². The highest BCUT2D eigenvalue weighted by Gasteiger charge is 2.74. The molecule has 2 heterocycles. The van der Waals surface area contributed by atoms with Gasteiger partial charge in [0.2, 0.25) is 5.79 Å². The van der Waals surface area contributed by atoms with Crippen LogP contribution >= 0.6 is 0 Å². The summed E-state index contributed by atoms with van der Waals surface area (Å²) in [6.07, 6.45) is 7.25. The lowest BCUT2D eigenvalue weighted by molar-refractivity contribution is 0.0620. The Bertz CT molecular complexity index is 424. The van der Waals surface area contributed by atoms with Crippen LogP contribution in [0, 0.1) is 0 Å². The minimum Gasteiger partial charge on any atom is -0.459 e. The van der Waals surface area contributed by atoms with Gasteiger partial charge in [0, 0.05) is 19.3 Å². The molecule has 2 nitrogen and oxygen atoms in total. The van der Waals surface area contributed by atoms with Crippen LogP contribution in [0.2, 0.25) is 0 Å². The Labute approximate surface area is 88.5 Å². The summed E-state index contributed by atoms with van der Waals surface area (Å²) in [7, 11) is 0. The first-order valence-electron chi connectivity index (χ1n) is 5.46. The normalized spacial score (nSPS) is 39.7. The van der Waals surface area contributed by atoms with Gasteiger partial charge in [-0.05, 0) is 11.6 Å². The Morgan fingerprint density at radius 3 is 2.93 bits per heavy atom. The molecule has 2 heteroatoms. The zero-order chi connectivity index (χ0) is 9.93. The van der Waals surface area contributed by atoms with E-state index >= 15 is 0 Å². The molecule has 76 valence electrons. The summed E-state index contributed by atoms with van der Waals surface area (Å²) >= 11 is 0. The molecule has 2 atom stereocenters. The van der Waals surface area contributed by atoms with Crippen LogP contribution in [0.3, 0.4) is 0 Å². The SMILES string of the molecule is C1=CC[C@@]23Oc4ccccc4C[C@]2(C1)O3. The minimum atomic E-state index is -0.323. The van der Waals surface area contributed by atoms with Crippen LogP contribution in [0.15, 0.2) is 36.4 Å².